The summed E-state index contributed by atoms with van der Waals surface area (Å²) in [4.78, 5) is 40.5. The number of hydroxylamine groups is 1. The van der Waals surface area contributed by atoms with Gasteiger partial charge in [-0.1, -0.05) is 0 Å². The van der Waals surface area contributed by atoms with Crippen molar-refractivity contribution < 1.29 is 18.8 Å². The van der Waals surface area contributed by atoms with Gasteiger partial charge in [-0.05, 0) is 68.2 Å². The zero-order chi connectivity index (χ0) is 27.2. The minimum absolute atomic E-state index is 0.0268. The summed E-state index contributed by atoms with van der Waals surface area (Å²) in [5.74, 6) is 1.44. The molecule has 1 aromatic carbocycles. The number of imidazole rings is 2. The number of fused-ring (bicyclic) bond motifs is 1. The molecule has 2 aliphatic heterocycles. The van der Waals surface area contributed by atoms with Gasteiger partial charge in [0.2, 0.25) is 12.3 Å². The molecule has 11 nitrogen and oxygen atoms in total. The molecule has 1 unspecified atom stereocenters. The Balaban J connectivity index is 1.18. The molecular formula is C28H27FN8O3. The molecule has 0 radical (unpaired) electrons. The van der Waals surface area contributed by atoms with Crippen LogP contribution in [0, 0.1) is 11.7 Å². The number of benzene rings is 1. The Labute approximate surface area is 228 Å². The number of allylic oxidation sites excluding steroid dienone is 1. The standard InChI is InChI=1S/C28H27FN8O3/c29-19-5-3-18(4-6-19)26-27(21-7-8-25-32-24(31-16-38)14-37(25)33-21)36(15-30-26)20-9-11-35(12-10-20)28(39)22-13-23(40-34-22)17-1-2-17/h3-8,13-17,20,22,34H,1-2,9-12H2,(H,31,38). The first kappa shape index (κ1) is 24.5. The van der Waals surface area contributed by atoms with Crippen molar-refractivity contribution in [2.45, 2.75) is 37.8 Å². The van der Waals surface area contributed by atoms with E-state index in [4.69, 9.17) is 14.9 Å². The van der Waals surface area contributed by atoms with E-state index in [2.05, 4.69) is 20.3 Å². The van der Waals surface area contributed by atoms with Crippen molar-refractivity contribution in [1.29, 1.82) is 0 Å². The third-order valence-corrected chi connectivity index (χ3v) is 7.73. The van der Waals surface area contributed by atoms with Crippen LogP contribution in [0.15, 0.2) is 60.8 Å². The highest BCUT2D eigenvalue weighted by Crippen LogP contribution is 2.39. The molecule has 3 aromatic heterocycles. The number of amides is 2. The molecule has 5 heterocycles. The summed E-state index contributed by atoms with van der Waals surface area (Å²) < 4.78 is 17.4. The van der Waals surface area contributed by atoms with E-state index in [1.807, 2.05) is 23.1 Å². The van der Waals surface area contributed by atoms with E-state index in [1.165, 1.54) is 12.1 Å². The van der Waals surface area contributed by atoms with Crippen LogP contribution < -0.4 is 10.8 Å². The Morgan fingerprint density at radius 1 is 1.10 bits per heavy atom. The maximum atomic E-state index is 13.7. The molecule has 4 aromatic rings. The first-order valence-corrected chi connectivity index (χ1v) is 13.4. The van der Waals surface area contributed by atoms with Crippen molar-refractivity contribution in [3.8, 4) is 22.6 Å². The molecule has 7 rings (SSSR count). The minimum Gasteiger partial charge on any atom is -0.412 e. The zero-order valence-electron chi connectivity index (χ0n) is 21.5. The number of hydrogen-bond acceptors (Lipinski definition) is 7. The molecule has 0 spiro atoms. The van der Waals surface area contributed by atoms with Gasteiger partial charge in [0.1, 0.15) is 23.3 Å². The summed E-state index contributed by atoms with van der Waals surface area (Å²) in [7, 11) is 0. The predicted octanol–water partition coefficient (Wildman–Crippen LogP) is 3.33. The average Bonchev–Trinajstić information content (AvgIpc) is 3.36. The number of nitrogens with one attached hydrogen (secondary N) is 2. The number of carbonyl (C=O) groups is 2. The zero-order valence-corrected chi connectivity index (χ0v) is 21.5. The van der Waals surface area contributed by atoms with Crippen molar-refractivity contribution in [3.63, 3.8) is 0 Å². The van der Waals surface area contributed by atoms with Crippen molar-refractivity contribution in [2.75, 3.05) is 18.4 Å². The molecule has 2 fully saturated rings. The van der Waals surface area contributed by atoms with Crippen molar-refractivity contribution >= 4 is 23.8 Å². The van der Waals surface area contributed by atoms with Gasteiger partial charge in [0.15, 0.2) is 11.5 Å². The molecule has 2 amide bonds. The summed E-state index contributed by atoms with van der Waals surface area (Å²) in [6.45, 7) is 1.21. The summed E-state index contributed by atoms with van der Waals surface area (Å²) in [5.41, 5.74) is 6.36. The van der Waals surface area contributed by atoms with Crippen LogP contribution in [-0.4, -0.2) is 60.5 Å². The number of carbonyl (C=O) groups excluding carboxylic acids is 2. The molecule has 1 saturated carbocycles. The van der Waals surface area contributed by atoms with Crippen LogP contribution in [0.3, 0.4) is 0 Å². The van der Waals surface area contributed by atoms with Crippen LogP contribution in [0.1, 0.15) is 31.7 Å². The largest absolute Gasteiger partial charge is 0.412 e. The van der Waals surface area contributed by atoms with Crippen LogP contribution >= 0.6 is 0 Å². The number of halogens is 1. The predicted molar refractivity (Wildman–Crippen MR) is 143 cm³/mol. The summed E-state index contributed by atoms with van der Waals surface area (Å²) >= 11 is 0. The third-order valence-electron chi connectivity index (χ3n) is 7.73. The van der Waals surface area contributed by atoms with Crippen molar-refractivity contribution in [2.24, 2.45) is 5.92 Å². The maximum Gasteiger partial charge on any atom is 0.247 e. The van der Waals surface area contributed by atoms with Gasteiger partial charge in [-0.3, -0.25) is 9.59 Å². The molecule has 1 saturated heterocycles. The Morgan fingerprint density at radius 2 is 1.90 bits per heavy atom. The van der Waals surface area contributed by atoms with Gasteiger partial charge in [-0.15, -0.1) is 5.48 Å². The number of hydrogen-bond donors (Lipinski definition) is 2. The highest BCUT2D eigenvalue weighted by molar-refractivity contribution is 5.84. The van der Waals surface area contributed by atoms with Crippen molar-refractivity contribution in [3.05, 3.63) is 66.6 Å². The van der Waals surface area contributed by atoms with E-state index < -0.39 is 6.04 Å². The summed E-state index contributed by atoms with van der Waals surface area (Å²) in [6, 6.07) is 9.56. The van der Waals surface area contributed by atoms with Gasteiger partial charge >= 0.3 is 0 Å². The van der Waals surface area contributed by atoms with E-state index >= 15 is 0 Å². The average molecular weight is 543 g/mol. The second-order valence-corrected chi connectivity index (χ2v) is 10.4. The second-order valence-electron chi connectivity index (χ2n) is 10.4. The Hall–Kier alpha value is -4.58. The number of rotatable bonds is 7. The van der Waals surface area contributed by atoms with Crippen LogP contribution in [0.25, 0.3) is 28.3 Å². The normalized spacial score (nSPS) is 19.5. The molecule has 3 aliphatic rings. The van der Waals surface area contributed by atoms with Gasteiger partial charge in [-0.2, -0.15) is 5.10 Å². The van der Waals surface area contributed by atoms with E-state index in [9.17, 15) is 14.0 Å². The topological polar surface area (TPSA) is 119 Å². The first-order valence-electron chi connectivity index (χ1n) is 13.4. The molecule has 40 heavy (non-hydrogen) atoms. The van der Waals surface area contributed by atoms with Crippen LogP contribution in [0.2, 0.25) is 0 Å². The highest BCUT2D eigenvalue weighted by Gasteiger charge is 2.37. The van der Waals surface area contributed by atoms with E-state index in [0.717, 1.165) is 42.7 Å². The number of nitrogens with zero attached hydrogens (tertiary/aromatic N) is 6. The third kappa shape index (κ3) is 4.49. The maximum absolute atomic E-state index is 13.7. The summed E-state index contributed by atoms with van der Waals surface area (Å²) in [6.07, 6.45) is 9.64. The first-order chi connectivity index (χ1) is 19.6. The molecular weight excluding hydrogens is 515 g/mol. The molecule has 1 aliphatic carbocycles. The van der Waals surface area contributed by atoms with Gasteiger partial charge in [0.05, 0.1) is 23.9 Å². The Bertz CT molecular complexity index is 1620. The Morgan fingerprint density at radius 3 is 2.65 bits per heavy atom. The molecule has 204 valence electrons. The van der Waals surface area contributed by atoms with Gasteiger partial charge < -0.3 is 19.6 Å². The monoisotopic (exact) mass is 542 g/mol. The lowest BCUT2D eigenvalue weighted by atomic mass is 10.0. The van der Waals surface area contributed by atoms with Crippen LogP contribution in [0.5, 0.6) is 0 Å². The van der Waals surface area contributed by atoms with Crippen LogP contribution in [-0.2, 0) is 14.4 Å². The van der Waals surface area contributed by atoms with E-state index in [0.29, 0.717) is 48.3 Å². The lowest BCUT2D eigenvalue weighted by Gasteiger charge is -2.34. The van der Waals surface area contributed by atoms with E-state index in [-0.39, 0.29) is 17.8 Å². The van der Waals surface area contributed by atoms with Gasteiger partial charge in [0.25, 0.3) is 0 Å². The van der Waals surface area contributed by atoms with E-state index in [1.54, 1.807) is 29.2 Å². The lowest BCUT2D eigenvalue weighted by molar-refractivity contribution is -0.135. The molecule has 12 heteroatoms. The van der Waals surface area contributed by atoms with Crippen LogP contribution in [0.4, 0.5) is 10.2 Å². The van der Waals surface area contributed by atoms with Gasteiger partial charge in [0, 0.05) is 30.6 Å². The van der Waals surface area contributed by atoms with Crippen molar-refractivity contribution in [1.82, 2.24) is 34.5 Å². The SMILES string of the molecule is O=CNc1cn2nc(-c3c(-c4ccc(F)cc4)ncn3C3CCN(C(=O)C4C=C(C5CC5)ON4)CC3)ccc2n1. The number of anilines is 1. The highest BCUT2D eigenvalue weighted by atomic mass is 19.1. The lowest BCUT2D eigenvalue weighted by Crippen LogP contribution is -2.46. The fourth-order valence-electron chi connectivity index (χ4n) is 5.48. The summed E-state index contributed by atoms with van der Waals surface area (Å²) in [5, 5.41) is 7.32. The second kappa shape index (κ2) is 9.87. The molecule has 2 N–H and O–H groups in total. The number of likely N-dealkylation sites (tertiary alicyclic amines) is 1. The Kier molecular flexibility index (Phi) is 6.03. The smallest absolute Gasteiger partial charge is 0.247 e. The molecule has 1 atom stereocenters. The fraction of sp³-hybridized carbons (Fsp3) is 0.321. The number of piperidine rings is 1. The number of aromatic nitrogens is 5. The van der Waals surface area contributed by atoms with Gasteiger partial charge in [-0.25, -0.2) is 18.9 Å². The molecule has 0 bridgehead atoms. The fourth-order valence-corrected chi connectivity index (χ4v) is 5.48. The minimum atomic E-state index is -0.439. The quantitative estimate of drug-likeness (QED) is 0.344.